The fourth-order valence-electron chi connectivity index (χ4n) is 4.19. The smallest absolute Gasteiger partial charge is 0.243 e. The molecule has 1 aliphatic heterocycles. The van der Waals surface area contributed by atoms with Gasteiger partial charge in [-0.15, -0.1) is 0 Å². The molecule has 0 spiro atoms. The molecular formula is C24H29FN4O4S. The first kappa shape index (κ1) is 24.3. The molecule has 8 nitrogen and oxygen atoms in total. The number of hydrogen-bond donors (Lipinski definition) is 1. The maximum atomic E-state index is 13.2. The second-order valence-corrected chi connectivity index (χ2v) is 10.2. The minimum absolute atomic E-state index is 0.0533. The zero-order valence-corrected chi connectivity index (χ0v) is 19.9. The molecule has 0 unspecified atom stereocenters. The minimum Gasteiger partial charge on any atom is -0.382 e. The number of carbonyl (C=O) groups is 1. The number of piperidine rings is 1. The zero-order chi connectivity index (χ0) is 24.1. The van der Waals surface area contributed by atoms with E-state index in [0.29, 0.717) is 38.5 Å². The van der Waals surface area contributed by atoms with Gasteiger partial charge in [0, 0.05) is 38.8 Å². The molecule has 0 aliphatic carbocycles. The van der Waals surface area contributed by atoms with Crippen LogP contribution in [0.25, 0.3) is 11.0 Å². The van der Waals surface area contributed by atoms with Crippen LogP contribution >= 0.6 is 0 Å². The number of anilines is 1. The number of aryl methyl sites for hydroxylation is 1. The number of nitrogens with zero attached hydrogens (tertiary/aromatic N) is 3. The highest BCUT2D eigenvalue weighted by molar-refractivity contribution is 7.89. The van der Waals surface area contributed by atoms with Gasteiger partial charge in [0.1, 0.15) is 5.82 Å². The van der Waals surface area contributed by atoms with Crippen molar-refractivity contribution in [2.75, 3.05) is 31.6 Å². The predicted octanol–water partition coefficient (Wildman–Crippen LogP) is 3.64. The molecule has 3 aromatic rings. The quantitative estimate of drug-likeness (QED) is 0.464. The monoisotopic (exact) mass is 488 g/mol. The van der Waals surface area contributed by atoms with Gasteiger partial charge in [0.2, 0.25) is 21.9 Å². The summed E-state index contributed by atoms with van der Waals surface area (Å²) in [7, 11) is -3.72. The summed E-state index contributed by atoms with van der Waals surface area (Å²) < 4.78 is 47.6. The maximum absolute atomic E-state index is 13.2. The highest BCUT2D eigenvalue weighted by Crippen LogP contribution is 2.26. The molecule has 1 amide bonds. The number of benzene rings is 2. The fourth-order valence-corrected chi connectivity index (χ4v) is 5.66. The summed E-state index contributed by atoms with van der Waals surface area (Å²) in [4.78, 5) is 17.7. The van der Waals surface area contributed by atoms with Gasteiger partial charge >= 0.3 is 0 Å². The van der Waals surface area contributed by atoms with Crippen molar-refractivity contribution in [3.63, 3.8) is 0 Å². The SMILES string of the molecule is CCOCCCn1c(NC(=O)C2CCN(S(=O)(=O)c3ccc(F)cc3)CC2)nc2ccccc21. The first-order chi connectivity index (χ1) is 16.4. The van der Waals surface area contributed by atoms with Crippen LogP contribution < -0.4 is 5.32 Å². The topological polar surface area (TPSA) is 93.5 Å². The Balaban J connectivity index is 1.41. The van der Waals surface area contributed by atoms with Gasteiger partial charge in [-0.3, -0.25) is 10.1 Å². The second kappa shape index (κ2) is 10.6. The van der Waals surface area contributed by atoms with Gasteiger partial charge in [0.15, 0.2) is 0 Å². The van der Waals surface area contributed by atoms with Crippen LogP contribution in [0, 0.1) is 11.7 Å². The number of amides is 1. The normalized spacial score (nSPS) is 15.6. The summed E-state index contributed by atoms with van der Waals surface area (Å²) in [6.07, 6.45) is 1.59. The van der Waals surface area contributed by atoms with E-state index in [1.807, 2.05) is 35.8 Å². The number of carbonyl (C=O) groups excluding carboxylic acids is 1. The molecule has 1 aliphatic rings. The lowest BCUT2D eigenvalue weighted by Crippen LogP contribution is -2.41. The van der Waals surface area contributed by atoms with Crippen LogP contribution in [0.4, 0.5) is 10.3 Å². The van der Waals surface area contributed by atoms with Gasteiger partial charge in [-0.25, -0.2) is 17.8 Å². The third-order valence-electron chi connectivity index (χ3n) is 6.04. The molecule has 1 N–H and O–H groups in total. The van der Waals surface area contributed by atoms with Crippen LogP contribution in [-0.4, -0.2) is 54.5 Å². The number of para-hydroxylation sites is 2. The molecule has 2 aromatic carbocycles. The number of halogens is 1. The number of ether oxygens (including phenoxy) is 1. The van der Waals surface area contributed by atoms with Crippen molar-refractivity contribution in [3.8, 4) is 0 Å². The Morgan fingerprint density at radius 2 is 1.85 bits per heavy atom. The number of nitrogens with one attached hydrogen (secondary N) is 1. The lowest BCUT2D eigenvalue weighted by Gasteiger charge is -2.30. The Kier molecular flexibility index (Phi) is 7.60. The van der Waals surface area contributed by atoms with Crippen LogP contribution in [0.15, 0.2) is 53.4 Å². The Bertz CT molecular complexity index is 1240. The molecule has 0 bridgehead atoms. The van der Waals surface area contributed by atoms with Crippen LogP contribution in [-0.2, 0) is 26.1 Å². The average Bonchev–Trinajstić information content (AvgIpc) is 3.19. The summed E-state index contributed by atoms with van der Waals surface area (Å²) in [5.41, 5.74) is 1.74. The predicted molar refractivity (Wildman–Crippen MR) is 127 cm³/mol. The summed E-state index contributed by atoms with van der Waals surface area (Å²) in [5, 5.41) is 2.96. The molecule has 34 heavy (non-hydrogen) atoms. The molecule has 182 valence electrons. The van der Waals surface area contributed by atoms with Crippen molar-refractivity contribution >= 4 is 32.9 Å². The molecule has 0 saturated carbocycles. The Morgan fingerprint density at radius 3 is 2.56 bits per heavy atom. The lowest BCUT2D eigenvalue weighted by atomic mass is 9.97. The highest BCUT2D eigenvalue weighted by atomic mass is 32.2. The van der Waals surface area contributed by atoms with Crippen molar-refractivity contribution in [2.24, 2.45) is 5.92 Å². The molecule has 1 saturated heterocycles. The van der Waals surface area contributed by atoms with E-state index in [4.69, 9.17) is 4.74 Å². The molecule has 4 rings (SSSR count). The molecule has 0 radical (unpaired) electrons. The van der Waals surface area contributed by atoms with Crippen molar-refractivity contribution in [1.29, 1.82) is 0 Å². The van der Waals surface area contributed by atoms with Gasteiger partial charge in [0.05, 0.1) is 15.9 Å². The molecule has 10 heteroatoms. The number of fused-ring (bicyclic) bond motifs is 1. The molecule has 1 fully saturated rings. The standard InChI is InChI=1S/C24H29FN4O4S/c1-2-33-17-5-14-29-22-7-4-3-6-21(22)26-24(29)27-23(30)18-12-15-28(16-13-18)34(31,32)20-10-8-19(25)9-11-20/h3-4,6-11,18H,2,5,12-17H2,1H3,(H,26,27,30). The molecule has 0 atom stereocenters. The molecular weight excluding hydrogens is 459 g/mol. The van der Waals surface area contributed by atoms with Crippen molar-refractivity contribution in [1.82, 2.24) is 13.9 Å². The number of aromatic nitrogens is 2. The third-order valence-corrected chi connectivity index (χ3v) is 7.95. The Morgan fingerprint density at radius 1 is 1.15 bits per heavy atom. The summed E-state index contributed by atoms with van der Waals surface area (Å²) in [5.74, 6) is -0.487. The average molecular weight is 489 g/mol. The van der Waals surface area contributed by atoms with Gasteiger partial charge in [-0.05, 0) is 62.6 Å². The van der Waals surface area contributed by atoms with E-state index in [1.165, 1.54) is 16.4 Å². The van der Waals surface area contributed by atoms with E-state index in [-0.39, 0.29) is 29.8 Å². The van der Waals surface area contributed by atoms with E-state index in [0.717, 1.165) is 29.6 Å². The maximum Gasteiger partial charge on any atom is 0.243 e. The molecule has 2 heterocycles. The van der Waals surface area contributed by atoms with Gasteiger partial charge < -0.3 is 9.30 Å². The Labute approximate surface area is 198 Å². The number of hydrogen-bond acceptors (Lipinski definition) is 5. The van der Waals surface area contributed by atoms with E-state index in [2.05, 4.69) is 10.3 Å². The zero-order valence-electron chi connectivity index (χ0n) is 19.1. The number of imidazole rings is 1. The van der Waals surface area contributed by atoms with Crippen molar-refractivity contribution in [2.45, 2.75) is 37.6 Å². The number of sulfonamides is 1. The van der Waals surface area contributed by atoms with Crippen LogP contribution in [0.1, 0.15) is 26.2 Å². The van der Waals surface area contributed by atoms with Crippen molar-refractivity contribution in [3.05, 3.63) is 54.3 Å². The fraction of sp³-hybridized carbons (Fsp3) is 0.417. The summed E-state index contributed by atoms with van der Waals surface area (Å²) in [6, 6.07) is 12.5. The first-order valence-corrected chi connectivity index (χ1v) is 12.9. The van der Waals surface area contributed by atoms with Gasteiger partial charge in [0.25, 0.3) is 0 Å². The Hall–Kier alpha value is -2.82. The summed E-state index contributed by atoms with van der Waals surface area (Å²) >= 11 is 0. The van der Waals surface area contributed by atoms with Crippen LogP contribution in [0.5, 0.6) is 0 Å². The van der Waals surface area contributed by atoms with Gasteiger partial charge in [-0.1, -0.05) is 12.1 Å². The van der Waals surface area contributed by atoms with E-state index in [9.17, 15) is 17.6 Å². The molecule has 1 aromatic heterocycles. The van der Waals surface area contributed by atoms with Gasteiger partial charge in [-0.2, -0.15) is 4.31 Å². The van der Waals surface area contributed by atoms with Crippen LogP contribution in [0.2, 0.25) is 0 Å². The van der Waals surface area contributed by atoms with E-state index < -0.39 is 15.8 Å². The second-order valence-electron chi connectivity index (χ2n) is 8.25. The number of rotatable bonds is 9. The van der Waals surface area contributed by atoms with E-state index in [1.54, 1.807) is 0 Å². The summed E-state index contributed by atoms with van der Waals surface area (Å²) in [6.45, 7) is 4.34. The largest absolute Gasteiger partial charge is 0.382 e. The minimum atomic E-state index is -3.72. The van der Waals surface area contributed by atoms with E-state index >= 15 is 0 Å². The van der Waals surface area contributed by atoms with Crippen LogP contribution in [0.3, 0.4) is 0 Å². The first-order valence-electron chi connectivity index (χ1n) is 11.5. The third kappa shape index (κ3) is 5.29. The lowest BCUT2D eigenvalue weighted by molar-refractivity contribution is -0.121. The van der Waals surface area contributed by atoms with Crippen molar-refractivity contribution < 1.29 is 22.3 Å². The highest BCUT2D eigenvalue weighted by Gasteiger charge is 2.32.